The second-order valence-corrected chi connectivity index (χ2v) is 6.24. The third-order valence-corrected chi connectivity index (χ3v) is 4.48. The molecule has 2 aromatic rings. The van der Waals surface area contributed by atoms with Crippen LogP contribution in [-0.4, -0.2) is 44.6 Å². The lowest BCUT2D eigenvalue weighted by Crippen LogP contribution is -2.39. The van der Waals surface area contributed by atoms with Gasteiger partial charge in [0.15, 0.2) is 11.6 Å². The SMILES string of the molecule is COCc1nc(C2CCCCN2C(=O)c2cc(C)c(C)cn2)n[nH]1. The molecule has 0 spiro atoms. The maximum Gasteiger partial charge on any atom is 0.273 e. The van der Waals surface area contributed by atoms with Gasteiger partial charge >= 0.3 is 0 Å². The van der Waals surface area contributed by atoms with Gasteiger partial charge in [-0.2, -0.15) is 5.10 Å². The second-order valence-electron chi connectivity index (χ2n) is 6.24. The minimum Gasteiger partial charge on any atom is -0.377 e. The number of carbonyl (C=O) groups excluding carboxylic acids is 1. The molecule has 0 saturated carbocycles. The maximum atomic E-state index is 13.0. The predicted octanol–water partition coefficient (Wildman–Crippen LogP) is 2.33. The Balaban J connectivity index is 1.85. The van der Waals surface area contributed by atoms with Crippen LogP contribution < -0.4 is 0 Å². The summed E-state index contributed by atoms with van der Waals surface area (Å²) >= 11 is 0. The molecule has 1 unspecified atom stereocenters. The number of hydrogen-bond donors (Lipinski definition) is 1. The van der Waals surface area contributed by atoms with Crippen molar-refractivity contribution in [3.63, 3.8) is 0 Å². The zero-order valence-corrected chi connectivity index (χ0v) is 14.4. The number of nitrogens with zero attached hydrogens (tertiary/aromatic N) is 4. The van der Waals surface area contributed by atoms with Gasteiger partial charge in [-0.1, -0.05) is 0 Å². The van der Waals surface area contributed by atoms with Gasteiger partial charge in [-0.25, -0.2) is 4.98 Å². The first-order chi connectivity index (χ1) is 11.6. The summed E-state index contributed by atoms with van der Waals surface area (Å²) in [7, 11) is 1.62. The van der Waals surface area contributed by atoms with E-state index in [1.165, 1.54) is 0 Å². The highest BCUT2D eigenvalue weighted by Gasteiger charge is 2.32. The van der Waals surface area contributed by atoms with E-state index >= 15 is 0 Å². The van der Waals surface area contributed by atoms with Crippen molar-refractivity contribution >= 4 is 5.91 Å². The van der Waals surface area contributed by atoms with E-state index < -0.39 is 0 Å². The summed E-state index contributed by atoms with van der Waals surface area (Å²) in [6, 6.07) is 1.74. The molecule has 3 heterocycles. The number of aryl methyl sites for hydroxylation is 2. The molecule has 1 amide bonds. The number of hydrogen-bond acceptors (Lipinski definition) is 5. The molecular formula is C17H23N5O2. The van der Waals surface area contributed by atoms with Crippen molar-refractivity contribution in [2.75, 3.05) is 13.7 Å². The maximum absolute atomic E-state index is 13.0. The predicted molar refractivity (Wildman–Crippen MR) is 88.4 cm³/mol. The molecule has 24 heavy (non-hydrogen) atoms. The normalized spacial score (nSPS) is 18.0. The third kappa shape index (κ3) is 3.31. The van der Waals surface area contributed by atoms with Gasteiger partial charge < -0.3 is 9.64 Å². The van der Waals surface area contributed by atoms with Crippen LogP contribution in [0.5, 0.6) is 0 Å². The summed E-state index contributed by atoms with van der Waals surface area (Å²) in [5, 5.41) is 7.17. The lowest BCUT2D eigenvalue weighted by Gasteiger charge is -2.33. The van der Waals surface area contributed by atoms with Crippen LogP contribution in [0.2, 0.25) is 0 Å². The van der Waals surface area contributed by atoms with Crippen molar-refractivity contribution in [2.24, 2.45) is 0 Å². The monoisotopic (exact) mass is 329 g/mol. The molecule has 0 radical (unpaired) electrons. The summed E-state index contributed by atoms with van der Waals surface area (Å²) in [6.07, 6.45) is 4.66. The Morgan fingerprint density at radius 1 is 1.38 bits per heavy atom. The molecule has 1 aliphatic heterocycles. The molecule has 7 heteroatoms. The van der Waals surface area contributed by atoms with Gasteiger partial charge in [-0.3, -0.25) is 14.9 Å². The number of aromatic nitrogens is 4. The van der Waals surface area contributed by atoms with Gasteiger partial charge in [-0.05, 0) is 50.3 Å². The number of piperidine rings is 1. The van der Waals surface area contributed by atoms with Crippen molar-refractivity contribution in [1.82, 2.24) is 25.1 Å². The minimum atomic E-state index is -0.114. The van der Waals surface area contributed by atoms with Crippen LogP contribution in [0.4, 0.5) is 0 Å². The molecule has 1 atom stereocenters. The van der Waals surface area contributed by atoms with E-state index in [1.807, 2.05) is 24.8 Å². The lowest BCUT2D eigenvalue weighted by atomic mass is 10.0. The summed E-state index contributed by atoms with van der Waals surface area (Å²) < 4.78 is 5.07. The molecule has 1 aliphatic rings. The molecule has 3 rings (SSSR count). The fraction of sp³-hybridized carbons (Fsp3) is 0.529. The van der Waals surface area contributed by atoms with Crippen LogP contribution in [0, 0.1) is 13.8 Å². The van der Waals surface area contributed by atoms with Gasteiger partial charge in [0.25, 0.3) is 5.91 Å². The number of H-pyrrole nitrogens is 1. The third-order valence-electron chi connectivity index (χ3n) is 4.48. The standard InChI is InChI=1S/C17H23N5O2/c1-11-8-13(18-9-12(11)2)17(23)22-7-5-4-6-14(22)16-19-15(10-24-3)20-21-16/h8-9,14H,4-7,10H2,1-3H3,(H,19,20,21). The van der Waals surface area contributed by atoms with E-state index in [0.29, 0.717) is 30.5 Å². The summed E-state index contributed by atoms with van der Waals surface area (Å²) in [5.41, 5.74) is 2.64. The highest BCUT2D eigenvalue weighted by molar-refractivity contribution is 5.92. The van der Waals surface area contributed by atoms with Crippen molar-refractivity contribution in [2.45, 2.75) is 45.8 Å². The van der Waals surface area contributed by atoms with Gasteiger partial charge in [0, 0.05) is 19.9 Å². The highest BCUT2D eigenvalue weighted by atomic mass is 16.5. The van der Waals surface area contributed by atoms with E-state index in [-0.39, 0.29) is 11.9 Å². The van der Waals surface area contributed by atoms with Crippen LogP contribution in [0.3, 0.4) is 0 Å². The van der Waals surface area contributed by atoms with E-state index in [9.17, 15) is 4.79 Å². The first kappa shape index (κ1) is 16.6. The topological polar surface area (TPSA) is 84.0 Å². The summed E-state index contributed by atoms with van der Waals surface area (Å²) in [5.74, 6) is 1.27. The molecule has 0 bridgehead atoms. The van der Waals surface area contributed by atoms with E-state index in [1.54, 1.807) is 13.3 Å². The Labute approximate surface area is 141 Å². The Kier molecular flexibility index (Phi) is 4.89. The minimum absolute atomic E-state index is 0.0547. The number of nitrogens with one attached hydrogen (secondary N) is 1. The Morgan fingerprint density at radius 3 is 2.96 bits per heavy atom. The zero-order chi connectivity index (χ0) is 17.1. The first-order valence-corrected chi connectivity index (χ1v) is 8.24. The number of carbonyl (C=O) groups is 1. The quantitative estimate of drug-likeness (QED) is 0.930. The van der Waals surface area contributed by atoms with E-state index in [4.69, 9.17) is 4.74 Å². The van der Waals surface area contributed by atoms with Crippen LogP contribution in [0.25, 0.3) is 0 Å². The fourth-order valence-electron chi connectivity index (χ4n) is 2.99. The molecule has 1 N–H and O–H groups in total. The molecule has 0 aromatic carbocycles. The van der Waals surface area contributed by atoms with Crippen molar-refractivity contribution in [3.8, 4) is 0 Å². The zero-order valence-electron chi connectivity index (χ0n) is 14.4. The summed E-state index contributed by atoms with van der Waals surface area (Å²) in [4.78, 5) is 23.6. The number of methoxy groups -OCH3 is 1. The van der Waals surface area contributed by atoms with Crippen molar-refractivity contribution in [3.05, 3.63) is 40.7 Å². The summed E-state index contributed by atoms with van der Waals surface area (Å²) in [6.45, 7) is 5.07. The van der Waals surface area contributed by atoms with Crippen molar-refractivity contribution < 1.29 is 9.53 Å². The average Bonchev–Trinajstić information content (AvgIpc) is 3.05. The Hall–Kier alpha value is -2.28. The lowest BCUT2D eigenvalue weighted by molar-refractivity contribution is 0.0594. The smallest absolute Gasteiger partial charge is 0.273 e. The van der Waals surface area contributed by atoms with Crippen LogP contribution in [0.1, 0.15) is 58.6 Å². The number of aromatic amines is 1. The number of rotatable bonds is 4. The van der Waals surface area contributed by atoms with Gasteiger partial charge in [-0.15, -0.1) is 0 Å². The molecule has 0 aliphatic carbocycles. The molecule has 128 valence electrons. The Morgan fingerprint density at radius 2 is 2.21 bits per heavy atom. The van der Waals surface area contributed by atoms with Crippen molar-refractivity contribution in [1.29, 1.82) is 0 Å². The number of likely N-dealkylation sites (tertiary alicyclic amines) is 1. The van der Waals surface area contributed by atoms with E-state index in [2.05, 4.69) is 20.2 Å². The van der Waals surface area contributed by atoms with Gasteiger partial charge in [0.1, 0.15) is 12.3 Å². The van der Waals surface area contributed by atoms with E-state index in [0.717, 1.165) is 30.4 Å². The Bertz CT molecular complexity index is 728. The molecule has 1 fully saturated rings. The molecule has 1 saturated heterocycles. The largest absolute Gasteiger partial charge is 0.377 e. The molecular weight excluding hydrogens is 306 g/mol. The second kappa shape index (κ2) is 7.09. The molecule has 7 nitrogen and oxygen atoms in total. The van der Waals surface area contributed by atoms with Crippen LogP contribution in [-0.2, 0) is 11.3 Å². The van der Waals surface area contributed by atoms with Gasteiger partial charge in [0.05, 0.1) is 6.04 Å². The van der Waals surface area contributed by atoms with Crippen LogP contribution in [0.15, 0.2) is 12.3 Å². The number of pyridine rings is 1. The fourth-order valence-corrected chi connectivity index (χ4v) is 2.99. The number of ether oxygens (including phenoxy) is 1. The first-order valence-electron chi connectivity index (χ1n) is 8.24. The average molecular weight is 329 g/mol. The molecule has 2 aromatic heterocycles. The number of amides is 1. The highest BCUT2D eigenvalue weighted by Crippen LogP contribution is 2.30. The van der Waals surface area contributed by atoms with Gasteiger partial charge in [0.2, 0.25) is 0 Å². The van der Waals surface area contributed by atoms with Crippen LogP contribution >= 0.6 is 0 Å².